The van der Waals surface area contributed by atoms with Gasteiger partial charge < -0.3 is 20.7 Å². The topological polar surface area (TPSA) is 65.1 Å². The van der Waals surface area contributed by atoms with Crippen molar-refractivity contribution in [3.05, 3.63) is 0 Å². The van der Waals surface area contributed by atoms with E-state index in [9.17, 15) is 0 Å². The summed E-state index contributed by atoms with van der Waals surface area (Å²) < 4.78 is 0. The number of nitrogens with zero attached hydrogens (tertiary/aromatic N) is 3. The van der Waals surface area contributed by atoms with Crippen molar-refractivity contribution in [1.29, 1.82) is 0 Å². The largest absolute Gasteiger partial charge is 0.408 e. The Morgan fingerprint density at radius 1 is 1.77 bits per heavy atom. The third-order valence-electron chi connectivity index (χ3n) is 2.65. The first-order valence-electron chi connectivity index (χ1n) is 4.54. The lowest BCUT2D eigenvalue weighted by Crippen LogP contribution is -2.42. The van der Waals surface area contributed by atoms with Crippen LogP contribution >= 0.6 is 0 Å². The average Bonchev–Trinajstić information content (AvgIpc) is 2.50. The maximum absolute atomic E-state index is 8.45. The van der Waals surface area contributed by atoms with E-state index in [-0.39, 0.29) is 5.96 Å². The number of guanidine groups is 1. The average molecular weight is 186 g/mol. The standard InChI is InChI=1S/C8H18N4O/c1-11-5-3-4-7(11)6-12(2)8(9)10-13/h7,13H,3-6H2,1-2H3,(H2,9,10). The summed E-state index contributed by atoms with van der Waals surface area (Å²) in [5.74, 6) is 0.181. The van der Waals surface area contributed by atoms with Gasteiger partial charge in [-0.15, -0.1) is 0 Å². The van der Waals surface area contributed by atoms with E-state index in [0.717, 1.165) is 13.1 Å². The van der Waals surface area contributed by atoms with Crippen molar-refractivity contribution >= 4 is 5.96 Å². The fourth-order valence-corrected chi connectivity index (χ4v) is 1.70. The van der Waals surface area contributed by atoms with E-state index < -0.39 is 0 Å². The fourth-order valence-electron chi connectivity index (χ4n) is 1.70. The summed E-state index contributed by atoms with van der Waals surface area (Å²) in [6, 6.07) is 0.533. The highest BCUT2D eigenvalue weighted by Gasteiger charge is 2.22. The van der Waals surface area contributed by atoms with Crippen LogP contribution in [-0.2, 0) is 0 Å². The van der Waals surface area contributed by atoms with Crippen LogP contribution in [0.5, 0.6) is 0 Å². The molecule has 0 aromatic heterocycles. The lowest BCUT2D eigenvalue weighted by molar-refractivity contribution is 0.256. The minimum Gasteiger partial charge on any atom is -0.408 e. The zero-order valence-corrected chi connectivity index (χ0v) is 8.27. The van der Waals surface area contributed by atoms with E-state index in [1.807, 2.05) is 7.05 Å². The van der Waals surface area contributed by atoms with E-state index in [4.69, 9.17) is 10.9 Å². The van der Waals surface area contributed by atoms with Gasteiger partial charge in [0.1, 0.15) is 0 Å². The van der Waals surface area contributed by atoms with Gasteiger partial charge in [0.25, 0.3) is 0 Å². The molecule has 0 aromatic rings. The maximum atomic E-state index is 8.45. The number of hydrogen-bond donors (Lipinski definition) is 2. The molecule has 0 aliphatic carbocycles. The normalized spacial score (nSPS) is 25.1. The third-order valence-corrected chi connectivity index (χ3v) is 2.65. The molecule has 1 aliphatic heterocycles. The first kappa shape index (κ1) is 10.1. The van der Waals surface area contributed by atoms with Gasteiger partial charge in [0.2, 0.25) is 5.96 Å². The first-order chi connectivity index (χ1) is 6.15. The summed E-state index contributed by atoms with van der Waals surface area (Å²) in [5.41, 5.74) is 5.45. The number of hydrogen-bond acceptors (Lipinski definition) is 3. The Morgan fingerprint density at radius 2 is 2.46 bits per heavy atom. The van der Waals surface area contributed by atoms with Crippen LogP contribution < -0.4 is 5.73 Å². The number of likely N-dealkylation sites (N-methyl/N-ethyl adjacent to an activating group) is 2. The molecule has 76 valence electrons. The molecule has 1 heterocycles. The summed E-state index contributed by atoms with van der Waals surface area (Å²) in [7, 11) is 3.94. The number of rotatable bonds is 2. The highest BCUT2D eigenvalue weighted by Crippen LogP contribution is 2.14. The summed E-state index contributed by atoms with van der Waals surface area (Å²) >= 11 is 0. The van der Waals surface area contributed by atoms with Gasteiger partial charge in [-0.1, -0.05) is 5.16 Å². The van der Waals surface area contributed by atoms with Crippen molar-refractivity contribution in [1.82, 2.24) is 9.80 Å². The molecule has 0 aromatic carbocycles. The highest BCUT2D eigenvalue weighted by molar-refractivity contribution is 5.77. The Kier molecular flexibility index (Phi) is 3.36. The lowest BCUT2D eigenvalue weighted by atomic mass is 10.2. The molecule has 3 N–H and O–H groups in total. The Balaban J connectivity index is 2.39. The summed E-state index contributed by atoms with van der Waals surface area (Å²) in [5, 5.41) is 11.4. The molecule has 5 heteroatoms. The lowest BCUT2D eigenvalue weighted by Gasteiger charge is -2.25. The Labute approximate surface area is 78.8 Å². The van der Waals surface area contributed by atoms with Crippen molar-refractivity contribution < 1.29 is 5.21 Å². The van der Waals surface area contributed by atoms with Crippen LogP contribution in [0.25, 0.3) is 0 Å². The number of likely N-dealkylation sites (tertiary alicyclic amines) is 1. The van der Waals surface area contributed by atoms with Crippen molar-refractivity contribution in [2.45, 2.75) is 18.9 Å². The summed E-state index contributed by atoms with van der Waals surface area (Å²) in [6.45, 7) is 1.97. The highest BCUT2D eigenvalue weighted by atomic mass is 16.4. The molecule has 0 spiro atoms. The predicted octanol–water partition coefficient (Wildman–Crippen LogP) is -0.284. The van der Waals surface area contributed by atoms with E-state index in [1.54, 1.807) is 4.90 Å². The molecule has 13 heavy (non-hydrogen) atoms. The van der Waals surface area contributed by atoms with Gasteiger partial charge in [-0.25, -0.2) is 0 Å². The van der Waals surface area contributed by atoms with Crippen molar-refractivity contribution in [2.75, 3.05) is 27.2 Å². The molecule has 0 amide bonds. The van der Waals surface area contributed by atoms with Gasteiger partial charge in [0, 0.05) is 19.6 Å². The van der Waals surface area contributed by atoms with Gasteiger partial charge >= 0.3 is 0 Å². The monoisotopic (exact) mass is 186 g/mol. The van der Waals surface area contributed by atoms with Crippen molar-refractivity contribution in [3.63, 3.8) is 0 Å². The summed E-state index contributed by atoms with van der Waals surface area (Å²) in [4.78, 5) is 4.08. The molecular formula is C8H18N4O. The van der Waals surface area contributed by atoms with E-state index in [2.05, 4.69) is 17.1 Å². The van der Waals surface area contributed by atoms with Crippen molar-refractivity contribution in [3.8, 4) is 0 Å². The Morgan fingerprint density at radius 3 is 2.92 bits per heavy atom. The minimum atomic E-state index is 0.181. The Bertz CT molecular complexity index is 195. The molecule has 1 fully saturated rings. The molecule has 5 nitrogen and oxygen atoms in total. The molecule has 0 saturated carbocycles. The van der Waals surface area contributed by atoms with Crippen molar-refractivity contribution in [2.24, 2.45) is 10.9 Å². The van der Waals surface area contributed by atoms with Gasteiger partial charge in [-0.2, -0.15) is 0 Å². The van der Waals surface area contributed by atoms with Crippen LogP contribution in [0.3, 0.4) is 0 Å². The van der Waals surface area contributed by atoms with Crippen LogP contribution in [0.4, 0.5) is 0 Å². The van der Waals surface area contributed by atoms with Crippen LogP contribution in [0.15, 0.2) is 5.16 Å². The quantitative estimate of drug-likeness (QED) is 0.269. The zero-order valence-electron chi connectivity index (χ0n) is 8.27. The molecule has 1 unspecified atom stereocenters. The smallest absolute Gasteiger partial charge is 0.233 e. The van der Waals surface area contributed by atoms with E-state index in [1.165, 1.54) is 12.8 Å². The molecule has 1 rings (SSSR count). The second-order valence-corrected chi connectivity index (χ2v) is 3.62. The van der Waals surface area contributed by atoms with Crippen LogP contribution in [0, 0.1) is 0 Å². The molecule has 0 bridgehead atoms. The SMILES string of the molecule is CN(CC1CCCN1C)C(N)=NO. The fraction of sp³-hybridized carbons (Fsp3) is 0.875. The second kappa shape index (κ2) is 4.32. The van der Waals surface area contributed by atoms with E-state index in [0.29, 0.717) is 6.04 Å². The van der Waals surface area contributed by atoms with Gasteiger partial charge in [0.05, 0.1) is 0 Å². The zero-order chi connectivity index (χ0) is 9.84. The van der Waals surface area contributed by atoms with Crippen LogP contribution in [-0.4, -0.2) is 54.2 Å². The number of nitrogens with two attached hydrogens (primary N) is 1. The molecule has 1 aliphatic rings. The van der Waals surface area contributed by atoms with Crippen LogP contribution in [0.1, 0.15) is 12.8 Å². The van der Waals surface area contributed by atoms with Gasteiger partial charge in [0.15, 0.2) is 0 Å². The second-order valence-electron chi connectivity index (χ2n) is 3.62. The molecular weight excluding hydrogens is 168 g/mol. The Hall–Kier alpha value is -0.970. The summed E-state index contributed by atoms with van der Waals surface area (Å²) in [6.07, 6.45) is 2.44. The minimum absolute atomic E-state index is 0.181. The predicted molar refractivity (Wildman–Crippen MR) is 51.7 cm³/mol. The third kappa shape index (κ3) is 2.48. The van der Waals surface area contributed by atoms with Gasteiger partial charge in [-0.3, -0.25) is 0 Å². The van der Waals surface area contributed by atoms with Crippen LogP contribution in [0.2, 0.25) is 0 Å². The molecule has 1 atom stereocenters. The molecule has 1 saturated heterocycles. The van der Waals surface area contributed by atoms with Gasteiger partial charge in [-0.05, 0) is 26.4 Å². The maximum Gasteiger partial charge on any atom is 0.233 e. The van der Waals surface area contributed by atoms with E-state index >= 15 is 0 Å². The number of oxime groups is 1. The molecule has 0 radical (unpaired) electrons. The first-order valence-corrected chi connectivity index (χ1v) is 4.54.